The molecular weight excluding hydrogens is 398 g/mol. The first kappa shape index (κ1) is 21.0. The van der Waals surface area contributed by atoms with Gasteiger partial charge in [0.25, 0.3) is 5.91 Å². The Morgan fingerprint density at radius 1 is 1.13 bits per heavy atom. The van der Waals surface area contributed by atoms with Crippen molar-refractivity contribution in [2.24, 2.45) is 0 Å². The molecular formula is C21H18F2N2O5. The molecule has 0 radical (unpaired) electrons. The highest BCUT2D eigenvalue weighted by molar-refractivity contribution is 6.11. The van der Waals surface area contributed by atoms with E-state index in [9.17, 15) is 23.2 Å². The fourth-order valence-electron chi connectivity index (χ4n) is 2.84. The molecule has 1 atom stereocenters. The highest BCUT2D eigenvalue weighted by atomic mass is 19.3. The van der Waals surface area contributed by atoms with E-state index in [4.69, 9.17) is 4.74 Å². The Bertz CT molecular complexity index is 976. The van der Waals surface area contributed by atoms with Gasteiger partial charge in [-0.25, -0.2) is 4.79 Å². The molecule has 2 aromatic rings. The van der Waals surface area contributed by atoms with Crippen molar-refractivity contribution in [1.82, 2.24) is 0 Å². The predicted molar refractivity (Wildman–Crippen MR) is 105 cm³/mol. The van der Waals surface area contributed by atoms with Gasteiger partial charge in [0.05, 0.1) is 11.4 Å². The Morgan fingerprint density at radius 2 is 1.83 bits per heavy atom. The van der Waals surface area contributed by atoms with Crippen LogP contribution in [0.25, 0.3) is 6.08 Å². The van der Waals surface area contributed by atoms with Crippen LogP contribution in [-0.2, 0) is 19.1 Å². The second-order valence-corrected chi connectivity index (χ2v) is 6.35. The van der Waals surface area contributed by atoms with Crippen molar-refractivity contribution in [3.8, 4) is 5.75 Å². The monoisotopic (exact) mass is 416 g/mol. The lowest BCUT2D eigenvalue weighted by atomic mass is 10.1. The Kier molecular flexibility index (Phi) is 6.41. The molecule has 0 saturated heterocycles. The number of nitrogens with one attached hydrogen (secondary N) is 1. The fraction of sp³-hybridized carbons (Fsp3) is 0.190. The van der Waals surface area contributed by atoms with Gasteiger partial charge in [-0.15, -0.1) is 0 Å². The summed E-state index contributed by atoms with van der Waals surface area (Å²) in [5.74, 6) is -1.65. The first-order valence-electron chi connectivity index (χ1n) is 8.97. The molecule has 156 valence electrons. The number of rotatable bonds is 6. The van der Waals surface area contributed by atoms with Gasteiger partial charge in [-0.1, -0.05) is 24.3 Å². The number of para-hydroxylation sites is 2. The number of fused-ring (bicyclic) bond motifs is 1. The van der Waals surface area contributed by atoms with E-state index in [-0.39, 0.29) is 18.2 Å². The quantitative estimate of drug-likeness (QED) is 0.577. The van der Waals surface area contributed by atoms with Crippen LogP contribution in [0.1, 0.15) is 12.5 Å². The normalized spacial score (nSPS) is 14.3. The molecule has 1 heterocycles. The van der Waals surface area contributed by atoms with Gasteiger partial charge < -0.3 is 14.8 Å². The van der Waals surface area contributed by atoms with E-state index in [2.05, 4.69) is 10.1 Å². The molecule has 0 unspecified atom stereocenters. The largest absolute Gasteiger partial charge is 0.449 e. The summed E-state index contributed by atoms with van der Waals surface area (Å²) in [6.07, 6.45) is 1.40. The number of ether oxygens (including phenoxy) is 2. The molecule has 1 aliphatic rings. The summed E-state index contributed by atoms with van der Waals surface area (Å²) in [5, 5.41) is 2.67. The van der Waals surface area contributed by atoms with Crippen molar-refractivity contribution >= 4 is 35.2 Å². The molecule has 0 saturated carbocycles. The maximum atomic E-state index is 12.7. The standard InChI is InChI=1S/C21H18F2N2O5/c1-13(20(28)25-12-18(26)24-16-4-2-3-5-17(16)25)29-19(27)11-8-14-6-9-15(10-7-14)30-21(22)23/h2-11,13,21H,12H2,1H3,(H,24,26)/b11-8+/t13-/m0/s1. The van der Waals surface area contributed by atoms with Crippen LogP contribution < -0.4 is 15.0 Å². The van der Waals surface area contributed by atoms with E-state index in [0.717, 1.165) is 6.08 Å². The number of carbonyl (C=O) groups is 3. The molecule has 2 amide bonds. The minimum atomic E-state index is -2.92. The SMILES string of the molecule is C[C@H](OC(=O)/C=C/c1ccc(OC(F)F)cc1)C(=O)N1CC(=O)Nc2ccccc21. The Balaban J connectivity index is 1.61. The number of alkyl halides is 2. The Hall–Kier alpha value is -3.75. The van der Waals surface area contributed by atoms with Crippen LogP contribution >= 0.6 is 0 Å². The van der Waals surface area contributed by atoms with Gasteiger partial charge in [-0.2, -0.15) is 8.78 Å². The molecule has 0 aromatic heterocycles. The smallest absolute Gasteiger partial charge is 0.387 e. The summed E-state index contributed by atoms with van der Waals surface area (Å²) in [6.45, 7) is -1.68. The summed E-state index contributed by atoms with van der Waals surface area (Å²) < 4.78 is 33.7. The molecule has 7 nitrogen and oxygen atoms in total. The number of hydrogen-bond donors (Lipinski definition) is 1. The molecule has 9 heteroatoms. The van der Waals surface area contributed by atoms with Crippen molar-refractivity contribution in [2.45, 2.75) is 19.6 Å². The van der Waals surface area contributed by atoms with Crippen LogP contribution in [0, 0.1) is 0 Å². The first-order valence-corrected chi connectivity index (χ1v) is 8.97. The maximum absolute atomic E-state index is 12.7. The van der Waals surface area contributed by atoms with E-state index >= 15 is 0 Å². The van der Waals surface area contributed by atoms with Crippen molar-refractivity contribution in [3.05, 3.63) is 60.2 Å². The zero-order chi connectivity index (χ0) is 21.7. The molecule has 0 aliphatic carbocycles. The van der Waals surface area contributed by atoms with E-state index in [0.29, 0.717) is 16.9 Å². The fourth-order valence-corrected chi connectivity index (χ4v) is 2.84. The lowest BCUT2D eigenvalue weighted by molar-refractivity contribution is -0.149. The summed E-state index contributed by atoms with van der Waals surface area (Å²) in [6, 6.07) is 12.5. The van der Waals surface area contributed by atoms with Gasteiger partial charge >= 0.3 is 12.6 Å². The minimum Gasteiger partial charge on any atom is -0.449 e. The van der Waals surface area contributed by atoms with Gasteiger partial charge in [0, 0.05) is 6.08 Å². The van der Waals surface area contributed by atoms with Gasteiger partial charge in [0.15, 0.2) is 6.10 Å². The van der Waals surface area contributed by atoms with E-state index in [1.165, 1.54) is 42.2 Å². The zero-order valence-electron chi connectivity index (χ0n) is 15.9. The molecule has 0 bridgehead atoms. The molecule has 1 aliphatic heterocycles. The third-order valence-corrected chi connectivity index (χ3v) is 4.19. The number of carbonyl (C=O) groups excluding carboxylic acids is 3. The van der Waals surface area contributed by atoms with Crippen molar-refractivity contribution in [3.63, 3.8) is 0 Å². The van der Waals surface area contributed by atoms with Gasteiger partial charge in [-0.05, 0) is 42.8 Å². The molecule has 1 N–H and O–H groups in total. The molecule has 30 heavy (non-hydrogen) atoms. The number of esters is 1. The number of anilines is 2. The zero-order valence-corrected chi connectivity index (χ0v) is 15.9. The Labute approximate surface area is 170 Å². The maximum Gasteiger partial charge on any atom is 0.387 e. The highest BCUT2D eigenvalue weighted by Gasteiger charge is 2.31. The summed E-state index contributed by atoms with van der Waals surface area (Å²) in [4.78, 5) is 37.9. The van der Waals surface area contributed by atoms with Gasteiger partial charge in [0.2, 0.25) is 5.91 Å². The summed E-state index contributed by atoms with van der Waals surface area (Å²) >= 11 is 0. The van der Waals surface area contributed by atoms with E-state index in [1.807, 2.05) is 0 Å². The van der Waals surface area contributed by atoms with Crippen LogP contribution in [0.15, 0.2) is 54.6 Å². The minimum absolute atomic E-state index is 0.00482. The summed E-state index contributed by atoms with van der Waals surface area (Å²) in [5.41, 5.74) is 1.57. The number of halogens is 2. The lowest BCUT2D eigenvalue weighted by Crippen LogP contribution is -2.46. The van der Waals surface area contributed by atoms with Gasteiger partial charge in [-0.3, -0.25) is 14.5 Å². The van der Waals surface area contributed by atoms with E-state index < -0.39 is 24.6 Å². The third-order valence-electron chi connectivity index (χ3n) is 4.19. The van der Waals surface area contributed by atoms with Crippen LogP contribution in [0.3, 0.4) is 0 Å². The van der Waals surface area contributed by atoms with Crippen LogP contribution in [-0.4, -0.2) is 37.0 Å². The summed E-state index contributed by atoms with van der Waals surface area (Å²) in [7, 11) is 0. The number of hydrogen-bond acceptors (Lipinski definition) is 5. The van der Waals surface area contributed by atoms with Crippen LogP contribution in [0.5, 0.6) is 5.75 Å². The number of nitrogens with zero attached hydrogens (tertiary/aromatic N) is 1. The number of amides is 2. The van der Waals surface area contributed by atoms with Crippen LogP contribution in [0.4, 0.5) is 20.2 Å². The number of benzene rings is 2. The van der Waals surface area contributed by atoms with Crippen LogP contribution in [0.2, 0.25) is 0 Å². The average Bonchev–Trinajstić information content (AvgIpc) is 2.71. The molecule has 3 rings (SSSR count). The predicted octanol–water partition coefficient (Wildman–Crippen LogP) is 3.22. The highest BCUT2D eigenvalue weighted by Crippen LogP contribution is 2.29. The molecule has 0 spiro atoms. The molecule has 2 aromatic carbocycles. The topological polar surface area (TPSA) is 84.9 Å². The average molecular weight is 416 g/mol. The Morgan fingerprint density at radius 3 is 2.53 bits per heavy atom. The van der Waals surface area contributed by atoms with Gasteiger partial charge in [0.1, 0.15) is 12.3 Å². The van der Waals surface area contributed by atoms with Crippen molar-refractivity contribution < 1.29 is 32.6 Å². The lowest BCUT2D eigenvalue weighted by Gasteiger charge is -2.30. The van der Waals surface area contributed by atoms with E-state index in [1.54, 1.807) is 24.3 Å². The second kappa shape index (κ2) is 9.17. The third kappa shape index (κ3) is 5.19. The second-order valence-electron chi connectivity index (χ2n) is 6.35. The van der Waals surface area contributed by atoms with Crippen molar-refractivity contribution in [2.75, 3.05) is 16.8 Å². The van der Waals surface area contributed by atoms with Crippen molar-refractivity contribution in [1.29, 1.82) is 0 Å². The molecule has 0 fully saturated rings. The first-order chi connectivity index (χ1) is 14.3.